The Bertz CT molecular complexity index is 437. The second kappa shape index (κ2) is 19.7. The van der Waals surface area contributed by atoms with Crippen LogP contribution in [0.25, 0.3) is 0 Å². The van der Waals surface area contributed by atoms with Crippen molar-refractivity contribution in [3.05, 3.63) is 0 Å². The largest absolute Gasteiger partial charge is 0.379 e. The summed E-state index contributed by atoms with van der Waals surface area (Å²) in [5, 5.41) is 5.58. The van der Waals surface area contributed by atoms with Crippen LogP contribution in [0, 0.1) is 0 Å². The quantitative estimate of drug-likeness (QED) is 0.168. The van der Waals surface area contributed by atoms with Crippen molar-refractivity contribution in [2.75, 3.05) is 73.4 Å². The molecule has 0 saturated heterocycles. The normalized spacial score (nSPS) is 12.0. The number of amides is 2. The molecule has 0 aliphatic carbocycles. The zero-order valence-electron chi connectivity index (χ0n) is 17.8. The highest BCUT2D eigenvalue weighted by Crippen LogP contribution is 1.92. The van der Waals surface area contributed by atoms with Gasteiger partial charge in [-0.05, 0) is 33.4 Å². The summed E-state index contributed by atoms with van der Waals surface area (Å²) in [4.78, 5) is 35.1. The van der Waals surface area contributed by atoms with Gasteiger partial charge in [0.05, 0.1) is 39.0 Å². The number of hydrogen-bond donors (Lipinski definition) is 3. The lowest BCUT2D eigenvalue weighted by Gasteiger charge is -2.10. The van der Waals surface area contributed by atoms with E-state index in [-0.39, 0.29) is 18.2 Å². The molecular weight excluding hydrogens is 380 g/mol. The van der Waals surface area contributed by atoms with Crippen molar-refractivity contribution in [2.24, 2.45) is 5.73 Å². The maximum Gasteiger partial charge on any atom is 0.234 e. The topological polar surface area (TPSA) is 132 Å². The summed E-state index contributed by atoms with van der Waals surface area (Å²) in [6.07, 6.45) is 2.73. The molecule has 0 radical (unpaired) electrons. The van der Waals surface area contributed by atoms with Crippen LogP contribution in [0.15, 0.2) is 0 Å². The number of likely N-dealkylation sites (N-methyl/N-ethyl adjacent to an activating group) is 1. The van der Waals surface area contributed by atoms with E-state index in [0.29, 0.717) is 78.4 Å². The lowest BCUT2D eigenvalue weighted by Crippen LogP contribution is -2.34. The highest BCUT2D eigenvalue weighted by Gasteiger charge is 2.05. The Labute approximate surface area is 173 Å². The average molecular weight is 419 g/mol. The van der Waals surface area contributed by atoms with Gasteiger partial charge in [-0.3, -0.25) is 9.59 Å². The molecule has 0 heterocycles. The first-order valence-corrected chi connectivity index (χ1v) is 10.1. The summed E-state index contributed by atoms with van der Waals surface area (Å²) in [6, 6.07) is -0.574. The highest BCUT2D eigenvalue weighted by atomic mass is 16.5. The Morgan fingerprint density at radius 2 is 1.38 bits per heavy atom. The van der Waals surface area contributed by atoms with Gasteiger partial charge in [0, 0.05) is 32.7 Å². The van der Waals surface area contributed by atoms with Gasteiger partial charge in [0.25, 0.3) is 0 Å². The van der Waals surface area contributed by atoms with E-state index in [9.17, 15) is 14.4 Å². The van der Waals surface area contributed by atoms with Crippen LogP contribution in [0.1, 0.15) is 25.7 Å². The van der Waals surface area contributed by atoms with E-state index < -0.39 is 6.04 Å². The molecular formula is C19H38N4O6. The second-order valence-electron chi connectivity index (χ2n) is 6.82. The van der Waals surface area contributed by atoms with E-state index in [0.717, 1.165) is 6.42 Å². The summed E-state index contributed by atoms with van der Waals surface area (Å²) in [7, 11) is 3.71. The van der Waals surface area contributed by atoms with Crippen molar-refractivity contribution >= 4 is 18.1 Å². The molecule has 4 N–H and O–H groups in total. The minimum atomic E-state index is -0.574. The van der Waals surface area contributed by atoms with Crippen LogP contribution >= 0.6 is 0 Å². The Hall–Kier alpha value is -1.59. The molecule has 0 fully saturated rings. The van der Waals surface area contributed by atoms with E-state index in [2.05, 4.69) is 10.6 Å². The number of rotatable bonds is 20. The Morgan fingerprint density at radius 3 is 1.86 bits per heavy atom. The smallest absolute Gasteiger partial charge is 0.234 e. The lowest BCUT2D eigenvalue weighted by molar-refractivity contribution is -0.122. The number of ether oxygens (including phenoxy) is 3. The van der Waals surface area contributed by atoms with Crippen molar-refractivity contribution in [3.8, 4) is 0 Å². The molecule has 0 aromatic carbocycles. The van der Waals surface area contributed by atoms with Crippen molar-refractivity contribution in [1.29, 1.82) is 0 Å². The molecule has 10 heteroatoms. The molecule has 0 aromatic heterocycles. The number of nitrogens with zero attached hydrogens (tertiary/aromatic N) is 1. The van der Waals surface area contributed by atoms with Gasteiger partial charge >= 0.3 is 0 Å². The van der Waals surface area contributed by atoms with E-state index in [1.165, 1.54) is 0 Å². The maximum atomic E-state index is 11.5. The molecule has 0 aromatic rings. The Balaban J connectivity index is 3.21. The third-order valence-electron chi connectivity index (χ3n) is 3.66. The monoisotopic (exact) mass is 418 g/mol. The van der Waals surface area contributed by atoms with E-state index >= 15 is 0 Å². The Kier molecular flexibility index (Phi) is 18.6. The van der Waals surface area contributed by atoms with Gasteiger partial charge in [-0.1, -0.05) is 0 Å². The molecule has 0 aliphatic rings. The predicted octanol–water partition coefficient (Wildman–Crippen LogP) is -1.08. The third kappa shape index (κ3) is 20.9. The molecule has 0 rings (SSSR count). The van der Waals surface area contributed by atoms with E-state index in [1.807, 2.05) is 19.0 Å². The van der Waals surface area contributed by atoms with E-state index in [4.69, 9.17) is 19.9 Å². The number of carbonyl (C=O) groups is 3. The average Bonchev–Trinajstić information content (AvgIpc) is 2.68. The van der Waals surface area contributed by atoms with Gasteiger partial charge in [-0.2, -0.15) is 0 Å². The van der Waals surface area contributed by atoms with Gasteiger partial charge in [-0.25, -0.2) is 0 Å². The van der Waals surface area contributed by atoms with E-state index in [1.54, 1.807) is 0 Å². The predicted molar refractivity (Wildman–Crippen MR) is 110 cm³/mol. The lowest BCUT2D eigenvalue weighted by atomic mass is 10.2. The van der Waals surface area contributed by atoms with Crippen LogP contribution < -0.4 is 16.4 Å². The number of nitrogens with two attached hydrogens (primary N) is 1. The molecule has 0 spiro atoms. The van der Waals surface area contributed by atoms with Gasteiger partial charge in [-0.15, -0.1) is 0 Å². The Morgan fingerprint density at radius 1 is 0.897 bits per heavy atom. The standard InChI is InChI=1S/C19H38N4O6/c1-23(2)15-19(26)22-8-4-10-28-12-14-29-13-11-27-9-3-7-21-18(25)6-5-17(20)16-24/h16-17H,3-15,20H2,1-2H3,(H,21,25)(H,22,26). The van der Waals surface area contributed by atoms with Gasteiger partial charge in [0.15, 0.2) is 0 Å². The molecule has 1 unspecified atom stereocenters. The molecule has 170 valence electrons. The van der Waals surface area contributed by atoms with Crippen molar-refractivity contribution in [3.63, 3.8) is 0 Å². The van der Waals surface area contributed by atoms with Crippen LogP contribution in [0.3, 0.4) is 0 Å². The first-order chi connectivity index (χ1) is 14.0. The zero-order valence-corrected chi connectivity index (χ0v) is 17.8. The SMILES string of the molecule is CN(C)CC(=O)NCCCOCCOCCOCCCNC(=O)CCC(N)C=O. The fraction of sp³-hybridized carbons (Fsp3) is 0.842. The highest BCUT2D eigenvalue weighted by molar-refractivity contribution is 5.77. The number of aldehydes is 1. The zero-order chi connectivity index (χ0) is 21.7. The van der Waals surface area contributed by atoms with Crippen molar-refractivity contribution in [2.45, 2.75) is 31.7 Å². The third-order valence-corrected chi connectivity index (χ3v) is 3.66. The number of nitrogens with one attached hydrogen (secondary N) is 2. The molecule has 10 nitrogen and oxygen atoms in total. The fourth-order valence-electron chi connectivity index (χ4n) is 2.14. The number of carbonyl (C=O) groups excluding carboxylic acids is 3. The first-order valence-electron chi connectivity index (χ1n) is 10.1. The van der Waals surface area contributed by atoms with Gasteiger partial charge in [0.1, 0.15) is 6.29 Å². The van der Waals surface area contributed by atoms with Gasteiger partial charge < -0.3 is 40.3 Å². The molecule has 29 heavy (non-hydrogen) atoms. The number of hydrogen-bond acceptors (Lipinski definition) is 8. The molecule has 0 aliphatic heterocycles. The van der Waals surface area contributed by atoms with Crippen LogP contribution in [0.2, 0.25) is 0 Å². The first kappa shape index (κ1) is 27.4. The molecule has 1 atom stereocenters. The van der Waals surface area contributed by atoms with Crippen molar-refractivity contribution < 1.29 is 28.6 Å². The molecule has 2 amide bonds. The minimum absolute atomic E-state index is 0.0139. The summed E-state index contributed by atoms with van der Waals surface area (Å²) in [5.74, 6) is -0.0957. The molecule has 0 saturated carbocycles. The van der Waals surface area contributed by atoms with Crippen LogP contribution in [-0.2, 0) is 28.6 Å². The maximum absolute atomic E-state index is 11.5. The summed E-state index contributed by atoms with van der Waals surface area (Å²) in [6.45, 7) is 4.61. The summed E-state index contributed by atoms with van der Waals surface area (Å²) in [5.41, 5.74) is 5.42. The van der Waals surface area contributed by atoms with Gasteiger partial charge in [0.2, 0.25) is 11.8 Å². The van der Waals surface area contributed by atoms with Crippen LogP contribution in [-0.4, -0.2) is 102 Å². The molecule has 0 bridgehead atoms. The summed E-state index contributed by atoms with van der Waals surface area (Å²) < 4.78 is 16.2. The second-order valence-corrected chi connectivity index (χ2v) is 6.82. The summed E-state index contributed by atoms with van der Waals surface area (Å²) >= 11 is 0. The van der Waals surface area contributed by atoms with Crippen LogP contribution in [0.4, 0.5) is 0 Å². The minimum Gasteiger partial charge on any atom is -0.379 e. The fourth-order valence-corrected chi connectivity index (χ4v) is 2.14. The van der Waals surface area contributed by atoms with Crippen molar-refractivity contribution in [1.82, 2.24) is 15.5 Å². The van der Waals surface area contributed by atoms with Crippen LogP contribution in [0.5, 0.6) is 0 Å².